The maximum Gasteiger partial charge on any atom is 0.320 e. The molecular formula is C4H13O3Si3. The Hall–Kier alpha value is 0.531. The van der Waals surface area contributed by atoms with Gasteiger partial charge in [-0.05, 0) is 26.2 Å². The maximum atomic E-state index is 9.33. The summed E-state index contributed by atoms with van der Waals surface area (Å²) >= 11 is 0. The zero-order valence-corrected chi connectivity index (χ0v) is 9.76. The van der Waals surface area contributed by atoms with Gasteiger partial charge in [0.1, 0.15) is 0 Å². The quantitative estimate of drug-likeness (QED) is 0.664. The first-order chi connectivity index (χ1) is 4.27. The topological polar surface area (TPSA) is 38.7 Å². The molecular weight excluding hydrogens is 180 g/mol. The molecule has 0 fully saturated rings. The highest BCUT2D eigenvalue weighted by Gasteiger charge is 2.32. The van der Waals surface area contributed by atoms with Crippen LogP contribution in [0.1, 0.15) is 0 Å². The highest BCUT2D eigenvalue weighted by molar-refractivity contribution is 6.79. The zero-order valence-electron chi connectivity index (χ0n) is 6.76. The lowest BCUT2D eigenvalue weighted by Gasteiger charge is -2.27. The predicted molar refractivity (Wildman–Crippen MR) is 45.1 cm³/mol. The fraction of sp³-hybridized carbons (Fsp3) is 1.00. The van der Waals surface area contributed by atoms with Crippen LogP contribution in [0.4, 0.5) is 0 Å². The normalized spacial score (nSPS) is 13.8. The summed E-state index contributed by atoms with van der Waals surface area (Å²) in [4.78, 5) is 9.33. The first-order valence-corrected chi connectivity index (χ1v) is 9.12. The van der Waals surface area contributed by atoms with E-state index >= 15 is 0 Å². The summed E-state index contributed by atoms with van der Waals surface area (Å²) in [5.74, 6) is 0. The molecule has 0 spiro atoms. The van der Waals surface area contributed by atoms with Gasteiger partial charge < -0.3 is 13.0 Å². The second kappa shape index (κ2) is 3.28. The molecule has 0 aromatic rings. The largest absolute Gasteiger partial charge is 0.437 e. The lowest BCUT2D eigenvalue weighted by molar-refractivity contribution is 0.336. The van der Waals surface area contributed by atoms with E-state index < -0.39 is 17.1 Å². The van der Waals surface area contributed by atoms with E-state index in [2.05, 4.69) is 10.5 Å². The number of hydrogen-bond acceptors (Lipinski definition) is 3. The molecule has 3 nitrogen and oxygen atoms in total. The Labute approximate surface area is 67.4 Å². The molecule has 6 heteroatoms. The Balaban J connectivity index is 3.89. The van der Waals surface area contributed by atoms with Crippen molar-refractivity contribution in [2.24, 2.45) is 0 Å². The van der Waals surface area contributed by atoms with Crippen molar-refractivity contribution in [2.75, 3.05) is 0 Å². The monoisotopic (exact) mass is 193 g/mol. The van der Waals surface area contributed by atoms with Gasteiger partial charge in [0.15, 0.2) is 0 Å². The van der Waals surface area contributed by atoms with Crippen LogP contribution >= 0.6 is 0 Å². The molecule has 0 aliphatic heterocycles. The molecule has 0 saturated heterocycles. The number of hydrogen-bond donors (Lipinski definition) is 1. The van der Waals surface area contributed by atoms with Crippen LogP contribution in [0.25, 0.3) is 0 Å². The summed E-state index contributed by atoms with van der Waals surface area (Å²) in [7, 11) is -1.58. The van der Waals surface area contributed by atoms with Crippen molar-refractivity contribution < 1.29 is 13.0 Å². The smallest absolute Gasteiger partial charge is 0.320 e. The average molecular weight is 193 g/mol. The fourth-order valence-corrected chi connectivity index (χ4v) is 5.98. The van der Waals surface area contributed by atoms with E-state index in [9.17, 15) is 4.80 Å². The van der Waals surface area contributed by atoms with Crippen LogP contribution in [0, 0.1) is 0 Å². The molecule has 0 aliphatic carbocycles. The molecule has 0 rings (SSSR count). The van der Waals surface area contributed by atoms with Gasteiger partial charge >= 0.3 is 17.1 Å². The Kier molecular flexibility index (Phi) is 3.46. The third-order valence-corrected chi connectivity index (χ3v) is 6.67. The first kappa shape index (κ1) is 10.5. The van der Waals surface area contributed by atoms with Crippen LogP contribution in [0.2, 0.25) is 26.2 Å². The molecule has 0 bridgehead atoms. The van der Waals surface area contributed by atoms with Crippen LogP contribution in [0.5, 0.6) is 0 Å². The SMILES string of the molecule is C[Si](C)(O)O[Si](C)(C)O[Si]. The van der Waals surface area contributed by atoms with Crippen molar-refractivity contribution in [1.82, 2.24) is 0 Å². The van der Waals surface area contributed by atoms with Crippen LogP contribution < -0.4 is 0 Å². The highest BCUT2D eigenvalue weighted by Crippen LogP contribution is 2.11. The van der Waals surface area contributed by atoms with E-state index in [-0.39, 0.29) is 0 Å². The number of rotatable bonds is 3. The summed E-state index contributed by atoms with van der Waals surface area (Å²) in [5, 5.41) is 0. The van der Waals surface area contributed by atoms with Gasteiger partial charge in [-0.3, -0.25) is 0 Å². The van der Waals surface area contributed by atoms with Crippen LogP contribution in [-0.2, 0) is 8.23 Å². The molecule has 0 heterocycles. The molecule has 59 valence electrons. The van der Waals surface area contributed by atoms with Crippen molar-refractivity contribution in [3.63, 3.8) is 0 Å². The Morgan fingerprint density at radius 2 is 1.60 bits per heavy atom. The minimum Gasteiger partial charge on any atom is -0.437 e. The highest BCUT2D eigenvalue weighted by atomic mass is 28.5. The van der Waals surface area contributed by atoms with Gasteiger partial charge in [0.2, 0.25) is 10.5 Å². The Morgan fingerprint density at radius 3 is 1.70 bits per heavy atom. The summed E-state index contributed by atoms with van der Waals surface area (Å²) in [6.45, 7) is 7.16. The fourth-order valence-electron chi connectivity index (χ4n) is 0.622. The van der Waals surface area contributed by atoms with E-state index in [0.717, 1.165) is 0 Å². The Bertz CT molecular complexity index is 109. The molecule has 0 aromatic heterocycles. The second-order valence-corrected chi connectivity index (χ2v) is 10.4. The molecule has 0 amide bonds. The lowest BCUT2D eigenvalue weighted by Crippen LogP contribution is -2.46. The van der Waals surface area contributed by atoms with Crippen molar-refractivity contribution in [3.05, 3.63) is 0 Å². The molecule has 0 aromatic carbocycles. The standard InChI is InChI=1S/C4H13O3Si3/c1-9(2,5)7-10(3,4)6-8/h5H,1-4H3. The van der Waals surface area contributed by atoms with Crippen molar-refractivity contribution >= 4 is 27.6 Å². The average Bonchev–Trinajstić information content (AvgIpc) is 1.60. The molecule has 1 N–H and O–H groups in total. The van der Waals surface area contributed by atoms with Gasteiger partial charge in [-0.15, -0.1) is 0 Å². The molecule has 10 heavy (non-hydrogen) atoms. The van der Waals surface area contributed by atoms with Gasteiger partial charge in [-0.25, -0.2) is 0 Å². The Morgan fingerprint density at radius 1 is 1.20 bits per heavy atom. The lowest BCUT2D eigenvalue weighted by atomic mass is 11.9. The summed E-state index contributed by atoms with van der Waals surface area (Å²) in [6.07, 6.45) is 0. The molecule has 0 atom stereocenters. The van der Waals surface area contributed by atoms with E-state index in [4.69, 9.17) is 8.23 Å². The second-order valence-electron chi connectivity index (χ2n) is 3.05. The maximum absolute atomic E-state index is 9.33. The van der Waals surface area contributed by atoms with E-state index in [1.54, 1.807) is 13.1 Å². The predicted octanol–water partition coefficient (Wildman–Crippen LogP) is 0.499. The summed E-state index contributed by atoms with van der Waals surface area (Å²) in [6, 6.07) is 0. The minimum atomic E-state index is -2.41. The van der Waals surface area contributed by atoms with Gasteiger partial charge in [-0.1, -0.05) is 0 Å². The molecule has 0 saturated carbocycles. The van der Waals surface area contributed by atoms with Crippen LogP contribution in [0.15, 0.2) is 0 Å². The van der Waals surface area contributed by atoms with Gasteiger partial charge in [0.05, 0.1) is 0 Å². The third kappa shape index (κ3) is 5.33. The molecule has 0 aliphatic rings. The van der Waals surface area contributed by atoms with Gasteiger partial charge in [0.25, 0.3) is 0 Å². The van der Waals surface area contributed by atoms with Gasteiger partial charge in [0, 0.05) is 0 Å². The van der Waals surface area contributed by atoms with E-state index in [1.807, 2.05) is 13.1 Å². The first-order valence-electron chi connectivity index (χ1n) is 3.04. The van der Waals surface area contributed by atoms with Crippen LogP contribution in [-0.4, -0.2) is 32.4 Å². The molecule has 3 radical (unpaired) electrons. The van der Waals surface area contributed by atoms with Gasteiger partial charge in [-0.2, -0.15) is 0 Å². The minimum absolute atomic E-state index is 1.72. The molecule has 0 unspecified atom stereocenters. The van der Waals surface area contributed by atoms with Crippen molar-refractivity contribution in [3.8, 4) is 0 Å². The van der Waals surface area contributed by atoms with E-state index in [0.29, 0.717) is 0 Å². The summed E-state index contributed by atoms with van der Waals surface area (Å²) in [5.41, 5.74) is 0. The van der Waals surface area contributed by atoms with Crippen molar-refractivity contribution in [1.29, 1.82) is 0 Å². The third-order valence-electron chi connectivity index (χ3n) is 0.741. The van der Waals surface area contributed by atoms with E-state index in [1.165, 1.54) is 0 Å². The van der Waals surface area contributed by atoms with Crippen LogP contribution in [0.3, 0.4) is 0 Å². The summed E-state index contributed by atoms with van der Waals surface area (Å²) < 4.78 is 10.2. The van der Waals surface area contributed by atoms with Crippen molar-refractivity contribution in [2.45, 2.75) is 26.2 Å². The zero-order chi connectivity index (χ0) is 8.41.